The molecule has 0 amide bonds. The van der Waals surface area contributed by atoms with E-state index in [1.807, 2.05) is 0 Å². The molecule has 2 rings (SSSR count). The Labute approximate surface area is 129 Å². The van der Waals surface area contributed by atoms with Crippen molar-refractivity contribution in [3.8, 4) is 0 Å². The largest absolute Gasteiger partial charge is 0.375 e. The number of nitrogens with zero attached hydrogens (tertiary/aromatic N) is 1. The fourth-order valence-electron chi connectivity index (χ4n) is 3.65. The van der Waals surface area contributed by atoms with Crippen molar-refractivity contribution in [3.05, 3.63) is 0 Å². The van der Waals surface area contributed by atoms with Gasteiger partial charge in [0, 0.05) is 19.1 Å². The van der Waals surface area contributed by atoms with Crippen molar-refractivity contribution in [2.75, 3.05) is 26.2 Å². The van der Waals surface area contributed by atoms with Gasteiger partial charge in [-0.1, -0.05) is 20.8 Å². The number of rotatable bonds is 5. The van der Waals surface area contributed by atoms with Crippen molar-refractivity contribution in [2.24, 2.45) is 23.5 Å². The van der Waals surface area contributed by atoms with Crippen LogP contribution in [0, 0.1) is 17.8 Å². The number of nitrogens with two attached hydrogens (primary N) is 1. The van der Waals surface area contributed by atoms with E-state index < -0.39 is 6.17 Å². The van der Waals surface area contributed by atoms with E-state index in [0.29, 0.717) is 30.3 Å². The summed E-state index contributed by atoms with van der Waals surface area (Å²) in [5, 5.41) is 0. The van der Waals surface area contributed by atoms with Crippen LogP contribution in [0.5, 0.6) is 0 Å². The zero-order valence-corrected chi connectivity index (χ0v) is 13.9. The Kier molecular flexibility index (Phi) is 6.45. The first-order valence-electron chi connectivity index (χ1n) is 8.71. The van der Waals surface area contributed by atoms with Gasteiger partial charge in [0.2, 0.25) is 0 Å². The Morgan fingerprint density at radius 3 is 2.71 bits per heavy atom. The molecule has 0 aromatic heterocycles. The number of halogens is 1. The standard InChI is InChI=1S/C17H33FN2O/c1-12(2)17-11-20(8-9-21-17)7-6-13(3)14-4-5-16(19)15(18)10-14/h12-17H,4-11,19H2,1-3H3/t13?,14?,15-,16-,17?/m0/s1. The lowest BCUT2D eigenvalue weighted by Gasteiger charge is -2.37. The molecule has 1 aliphatic carbocycles. The summed E-state index contributed by atoms with van der Waals surface area (Å²) in [4.78, 5) is 2.52. The summed E-state index contributed by atoms with van der Waals surface area (Å²) >= 11 is 0. The molecule has 3 unspecified atom stereocenters. The Morgan fingerprint density at radius 2 is 2.05 bits per heavy atom. The molecule has 4 heteroatoms. The van der Waals surface area contributed by atoms with Crippen molar-refractivity contribution in [1.29, 1.82) is 0 Å². The fourth-order valence-corrected chi connectivity index (χ4v) is 3.65. The highest BCUT2D eigenvalue weighted by Crippen LogP contribution is 2.33. The summed E-state index contributed by atoms with van der Waals surface area (Å²) < 4.78 is 19.6. The number of hydrogen-bond acceptors (Lipinski definition) is 3. The highest BCUT2D eigenvalue weighted by atomic mass is 19.1. The highest BCUT2D eigenvalue weighted by molar-refractivity contribution is 4.85. The van der Waals surface area contributed by atoms with Gasteiger partial charge in [0.25, 0.3) is 0 Å². The first kappa shape index (κ1) is 17.2. The molecule has 1 aliphatic heterocycles. The Balaban J connectivity index is 1.72. The van der Waals surface area contributed by atoms with Gasteiger partial charge in [0.05, 0.1) is 12.7 Å². The maximum absolute atomic E-state index is 13.8. The number of ether oxygens (including phenoxy) is 1. The topological polar surface area (TPSA) is 38.5 Å². The highest BCUT2D eigenvalue weighted by Gasteiger charge is 2.31. The molecule has 0 bridgehead atoms. The molecular formula is C17H33FN2O. The van der Waals surface area contributed by atoms with Gasteiger partial charge in [0.1, 0.15) is 6.17 Å². The fraction of sp³-hybridized carbons (Fsp3) is 1.00. The Hall–Kier alpha value is -0.190. The van der Waals surface area contributed by atoms with Crippen LogP contribution >= 0.6 is 0 Å². The van der Waals surface area contributed by atoms with Crippen LogP contribution in [0.3, 0.4) is 0 Å². The van der Waals surface area contributed by atoms with E-state index in [9.17, 15) is 4.39 Å². The normalized spacial score (nSPS) is 36.9. The minimum atomic E-state index is -0.792. The van der Waals surface area contributed by atoms with Gasteiger partial charge in [-0.15, -0.1) is 0 Å². The molecule has 1 saturated carbocycles. The average molecular weight is 300 g/mol. The quantitative estimate of drug-likeness (QED) is 0.848. The third-order valence-electron chi connectivity index (χ3n) is 5.49. The molecule has 0 radical (unpaired) electrons. The molecule has 124 valence electrons. The molecular weight excluding hydrogens is 267 g/mol. The second-order valence-corrected chi connectivity index (χ2v) is 7.47. The van der Waals surface area contributed by atoms with E-state index in [2.05, 4.69) is 25.7 Å². The molecule has 0 aromatic carbocycles. The molecule has 21 heavy (non-hydrogen) atoms. The lowest BCUT2D eigenvalue weighted by atomic mass is 9.77. The maximum atomic E-state index is 13.8. The minimum Gasteiger partial charge on any atom is -0.375 e. The summed E-state index contributed by atoms with van der Waals surface area (Å²) in [6.07, 6.45) is 3.36. The Morgan fingerprint density at radius 1 is 1.29 bits per heavy atom. The predicted octanol–water partition coefficient (Wildman–Crippen LogP) is 2.83. The van der Waals surface area contributed by atoms with E-state index in [0.717, 1.165) is 45.5 Å². The second kappa shape index (κ2) is 7.89. The number of hydrogen-bond donors (Lipinski definition) is 1. The number of morpholine rings is 1. The molecule has 0 aromatic rings. The molecule has 5 atom stereocenters. The van der Waals surface area contributed by atoms with Gasteiger partial charge in [0.15, 0.2) is 0 Å². The summed E-state index contributed by atoms with van der Waals surface area (Å²) in [7, 11) is 0. The first-order valence-corrected chi connectivity index (χ1v) is 8.71. The molecule has 1 saturated heterocycles. The summed E-state index contributed by atoms with van der Waals surface area (Å²) in [6.45, 7) is 10.8. The van der Waals surface area contributed by atoms with E-state index in [4.69, 9.17) is 10.5 Å². The van der Waals surface area contributed by atoms with E-state index in [1.165, 1.54) is 0 Å². The lowest BCUT2D eigenvalue weighted by Crippen LogP contribution is -2.45. The van der Waals surface area contributed by atoms with Crippen molar-refractivity contribution in [1.82, 2.24) is 4.90 Å². The van der Waals surface area contributed by atoms with Crippen molar-refractivity contribution >= 4 is 0 Å². The van der Waals surface area contributed by atoms with E-state index in [1.54, 1.807) is 0 Å². The van der Waals surface area contributed by atoms with Gasteiger partial charge in [-0.25, -0.2) is 4.39 Å². The van der Waals surface area contributed by atoms with Crippen molar-refractivity contribution < 1.29 is 9.13 Å². The third-order valence-corrected chi connectivity index (χ3v) is 5.49. The minimum absolute atomic E-state index is 0.223. The molecule has 2 aliphatic rings. The van der Waals surface area contributed by atoms with Gasteiger partial charge < -0.3 is 10.5 Å². The lowest BCUT2D eigenvalue weighted by molar-refractivity contribution is -0.0521. The maximum Gasteiger partial charge on any atom is 0.115 e. The van der Waals surface area contributed by atoms with Crippen LogP contribution in [0.15, 0.2) is 0 Å². The third kappa shape index (κ3) is 4.90. The SMILES string of the molecule is CC(C)C1CN(CCC(C)C2CC[C@H](N)[C@@H](F)C2)CCO1. The number of alkyl halides is 1. The van der Waals surface area contributed by atoms with Crippen LogP contribution in [0.1, 0.15) is 46.5 Å². The Bertz CT molecular complexity index is 313. The zero-order chi connectivity index (χ0) is 15.4. The van der Waals surface area contributed by atoms with Gasteiger partial charge in [-0.05, 0) is 50.0 Å². The van der Waals surface area contributed by atoms with Crippen molar-refractivity contribution in [2.45, 2.75) is 64.8 Å². The summed E-state index contributed by atoms with van der Waals surface area (Å²) in [5.41, 5.74) is 5.78. The molecule has 1 heterocycles. The smallest absolute Gasteiger partial charge is 0.115 e. The van der Waals surface area contributed by atoms with E-state index >= 15 is 0 Å². The molecule has 2 fully saturated rings. The van der Waals surface area contributed by atoms with Crippen LogP contribution in [0.4, 0.5) is 4.39 Å². The van der Waals surface area contributed by atoms with Crippen LogP contribution < -0.4 is 5.73 Å². The molecule has 0 spiro atoms. The predicted molar refractivity (Wildman–Crippen MR) is 85.0 cm³/mol. The van der Waals surface area contributed by atoms with Crippen LogP contribution in [-0.2, 0) is 4.74 Å². The van der Waals surface area contributed by atoms with Gasteiger partial charge in [-0.2, -0.15) is 0 Å². The van der Waals surface area contributed by atoms with Gasteiger partial charge in [-0.3, -0.25) is 4.90 Å². The van der Waals surface area contributed by atoms with E-state index in [-0.39, 0.29) is 6.04 Å². The van der Waals surface area contributed by atoms with Crippen LogP contribution in [0.25, 0.3) is 0 Å². The molecule has 3 nitrogen and oxygen atoms in total. The summed E-state index contributed by atoms with van der Waals surface area (Å²) in [6, 6.07) is -0.223. The zero-order valence-electron chi connectivity index (χ0n) is 13.9. The van der Waals surface area contributed by atoms with Crippen LogP contribution in [-0.4, -0.2) is 49.5 Å². The van der Waals surface area contributed by atoms with Crippen molar-refractivity contribution in [3.63, 3.8) is 0 Å². The van der Waals surface area contributed by atoms with Crippen LogP contribution in [0.2, 0.25) is 0 Å². The monoisotopic (exact) mass is 300 g/mol. The first-order chi connectivity index (χ1) is 9.97. The summed E-state index contributed by atoms with van der Waals surface area (Å²) in [5.74, 6) is 1.69. The average Bonchev–Trinajstić information content (AvgIpc) is 2.48. The molecule has 2 N–H and O–H groups in total. The second-order valence-electron chi connectivity index (χ2n) is 7.47. The van der Waals surface area contributed by atoms with Gasteiger partial charge >= 0.3 is 0 Å².